The van der Waals surface area contributed by atoms with Crippen molar-refractivity contribution in [3.63, 3.8) is 0 Å². The van der Waals surface area contributed by atoms with Crippen LogP contribution < -0.4 is 50.0 Å². The zero-order chi connectivity index (χ0) is 62.6. The van der Waals surface area contributed by atoms with Crippen LogP contribution in [0.5, 0.6) is 11.8 Å². The van der Waals surface area contributed by atoms with Gasteiger partial charge < -0.3 is 56.3 Å². The Morgan fingerprint density at radius 1 is 0.522 bits per heavy atom. The van der Waals surface area contributed by atoms with Crippen LogP contribution in [0.4, 0.5) is 20.2 Å². The van der Waals surface area contributed by atoms with Crippen LogP contribution in [0.3, 0.4) is 0 Å². The third kappa shape index (κ3) is 21.3. The van der Waals surface area contributed by atoms with Crippen LogP contribution in [0.1, 0.15) is 204 Å². The maximum atomic E-state index is 11.9. The second-order valence-electron chi connectivity index (χ2n) is 26.9. The van der Waals surface area contributed by atoms with Crippen molar-refractivity contribution in [2.45, 2.75) is 263 Å². The van der Waals surface area contributed by atoms with Gasteiger partial charge in [0.1, 0.15) is 68.3 Å². The molecule has 7 aliphatic rings. The standard InChI is InChI=1S/C20H27N3O3S.C16H21N3OS.C15H20N4S.C10H18O5.C4H8O.Al.Li.4H/c1-20(2,3)26-19(24)23-12-7-9-13(10-8-12)25-17-16-14-5-4-6-15(14)27-18(16)22-11-21-17;1-17-10-5-7-11(8-6-10)20-15-14-12-3-2-4-13(12)21-16(14)19-9-18-15;16-9-4-6-10(7-5-9)19-14-13-11-2-1-3-12(11)20-15(13)18-8-17-14;1-9(2,3)14-7(11)13-8(12)15-10(4,5)6;1-2-4-5-3-1;;;;;;/h11-13H,4-10H2,1-3H3,(H,23,24);9-11,17H,2-8H2,1H3;8-10H,1-7,16H2,(H,17,18,19);1-6H3;1-4H2;;;;;;/q;;;;;;+1;;;;-1. The van der Waals surface area contributed by atoms with E-state index in [0.717, 1.165) is 134 Å². The maximum absolute atomic E-state index is 11.9. The average Bonchev–Trinajstić information content (AvgIpc) is 1.74. The van der Waals surface area contributed by atoms with Gasteiger partial charge in [-0.2, -0.15) is 0 Å². The molecule has 13 rings (SSSR count). The minimum atomic E-state index is -1.06. The Labute approximate surface area is 567 Å². The van der Waals surface area contributed by atoms with Crippen molar-refractivity contribution in [1.82, 2.24) is 40.5 Å². The average molecular weight is 1310 g/mol. The zero-order valence-electron chi connectivity index (χ0n) is 55.4. The second-order valence-corrected chi connectivity index (χ2v) is 30.2. The number of hydrogen-bond donors (Lipinski definition) is 4. The summed E-state index contributed by atoms with van der Waals surface area (Å²) in [6.45, 7) is 17.6. The second kappa shape index (κ2) is 33.6. The molecule has 0 spiro atoms. The molecule has 0 atom stereocenters. The normalized spacial score (nSPS) is 21.7. The minimum absolute atomic E-state index is 0. The Morgan fingerprint density at radius 3 is 1.33 bits per heavy atom. The maximum Gasteiger partial charge on any atom is 1.00 e. The first-order chi connectivity index (χ1) is 42.0. The molecular formula is C65H98AlLiN10O10S3. The zero-order valence-corrected chi connectivity index (χ0v) is 56.9. The number of nitrogens with zero attached hydrogens (tertiary/aromatic N) is 6. The molecule has 6 aliphatic carbocycles. The smallest absolute Gasteiger partial charge is 1.00 e. The van der Waals surface area contributed by atoms with Crippen molar-refractivity contribution >= 4 is 106 Å². The van der Waals surface area contributed by atoms with Gasteiger partial charge in [0.25, 0.3) is 0 Å². The summed E-state index contributed by atoms with van der Waals surface area (Å²) in [5, 5.41) is 13.6. The van der Waals surface area contributed by atoms with Gasteiger partial charge >= 0.3 is 37.3 Å². The number of aromatic nitrogens is 6. The molecule has 5 N–H and O–H groups in total. The van der Waals surface area contributed by atoms with Gasteiger partial charge in [0.2, 0.25) is 11.8 Å². The molecule has 20 nitrogen and oxygen atoms in total. The van der Waals surface area contributed by atoms with Crippen LogP contribution >= 0.6 is 34.0 Å². The third-order valence-corrected chi connectivity index (χ3v) is 20.0. The first-order valence-corrected chi connectivity index (χ1v) is 34.5. The van der Waals surface area contributed by atoms with Crippen molar-refractivity contribution in [1.29, 1.82) is 0 Å². The van der Waals surface area contributed by atoms with E-state index < -0.39 is 29.1 Å². The molecule has 0 aromatic carbocycles. The largest absolute Gasteiger partial charge is 1.00 e. The van der Waals surface area contributed by atoms with Crippen molar-refractivity contribution in [2.24, 2.45) is 5.73 Å². The Hall–Kier alpha value is -4.46. The third-order valence-electron chi connectivity index (χ3n) is 16.4. The number of rotatable bonds is 8. The number of nitrogens with two attached hydrogens (primary N) is 1. The predicted molar refractivity (Wildman–Crippen MR) is 359 cm³/mol. The van der Waals surface area contributed by atoms with Crippen LogP contribution in [0.15, 0.2) is 19.0 Å². The van der Waals surface area contributed by atoms with Crippen LogP contribution in [-0.2, 0) is 62.2 Å². The molecule has 0 radical (unpaired) electrons. The van der Waals surface area contributed by atoms with E-state index in [1.165, 1.54) is 106 Å². The fourth-order valence-electron chi connectivity index (χ4n) is 12.2. The molecule has 90 heavy (non-hydrogen) atoms. The molecule has 490 valence electrons. The fraction of sp³-hybridized carbons (Fsp3) is 0.677. The number of thiophene rings is 3. The molecule has 0 bridgehead atoms. The fourth-order valence-corrected chi connectivity index (χ4v) is 15.8. The van der Waals surface area contributed by atoms with Gasteiger partial charge in [-0.25, -0.2) is 44.3 Å². The Balaban J connectivity index is 0.000000189. The summed E-state index contributed by atoms with van der Waals surface area (Å²) in [6, 6.07) is 1.71. The van der Waals surface area contributed by atoms with Gasteiger partial charge in [-0.05, 0) is 234 Å². The van der Waals surface area contributed by atoms with E-state index in [-0.39, 0.29) is 55.9 Å². The first-order valence-electron chi connectivity index (χ1n) is 32.0. The van der Waals surface area contributed by atoms with Crippen LogP contribution in [0.2, 0.25) is 0 Å². The van der Waals surface area contributed by atoms with Crippen molar-refractivity contribution in [3.05, 3.63) is 50.3 Å². The number of aryl methyl sites for hydroxylation is 6. The molecule has 1 amide bonds. The summed E-state index contributed by atoms with van der Waals surface area (Å²) in [7, 11) is 2.05. The number of alkyl carbamates (subject to hydrolysis) is 1. The van der Waals surface area contributed by atoms with Gasteiger partial charge in [-0.15, -0.1) is 34.0 Å². The van der Waals surface area contributed by atoms with E-state index >= 15 is 0 Å². The van der Waals surface area contributed by atoms with Gasteiger partial charge in [-0.1, -0.05) is 0 Å². The number of nitrogens with one attached hydrogen (secondary N) is 3. The first kappa shape index (κ1) is 73.0. The number of ether oxygens (including phenoxy) is 7. The van der Waals surface area contributed by atoms with E-state index in [1.807, 2.05) is 43.4 Å². The van der Waals surface area contributed by atoms with Crippen molar-refractivity contribution in [2.75, 3.05) is 25.6 Å². The van der Waals surface area contributed by atoms with E-state index in [2.05, 4.69) is 57.6 Å². The summed E-state index contributed by atoms with van der Waals surface area (Å²) >= 11 is 5.46. The quantitative estimate of drug-likeness (QED) is 0.0478. The summed E-state index contributed by atoms with van der Waals surface area (Å²) in [5.74, 6) is 2.62. The van der Waals surface area contributed by atoms with Crippen LogP contribution in [-0.4, -0.2) is 139 Å². The molecule has 6 aromatic rings. The number of fused-ring (bicyclic) bond motifs is 9. The van der Waals surface area contributed by atoms with Crippen molar-refractivity contribution in [3.8, 4) is 11.8 Å². The number of hydrogen-bond acceptors (Lipinski definition) is 22. The number of carbonyl (C=O) groups is 3. The van der Waals surface area contributed by atoms with E-state index in [4.69, 9.17) is 34.2 Å². The van der Waals surface area contributed by atoms with E-state index in [1.54, 1.807) is 71.9 Å². The monoisotopic (exact) mass is 1310 g/mol. The molecule has 7 heterocycles. The summed E-state index contributed by atoms with van der Waals surface area (Å²) in [4.78, 5) is 68.5. The summed E-state index contributed by atoms with van der Waals surface area (Å²) < 4.78 is 36.7. The summed E-state index contributed by atoms with van der Waals surface area (Å²) in [5.41, 5.74) is 8.48. The minimum Gasteiger partial charge on any atom is -1.00 e. The van der Waals surface area contributed by atoms with Crippen LogP contribution in [0.25, 0.3) is 30.6 Å². The molecule has 6 aromatic heterocycles. The Morgan fingerprint density at radius 2 is 0.922 bits per heavy atom. The van der Waals surface area contributed by atoms with E-state index in [0.29, 0.717) is 24.2 Å². The van der Waals surface area contributed by atoms with E-state index in [9.17, 15) is 14.4 Å². The molecule has 1 aliphatic heterocycles. The Bertz CT molecular complexity index is 3260. The topological polar surface area (TPSA) is 255 Å². The molecule has 4 fully saturated rings. The SMILES string of the molecule is C1CCOC1.CC(C)(C)OC(=O)NC1CCC(Oc2ncnc3sc4c(c23)CCC4)CC1.CC(C)(C)OC(=O)OC(=O)OC(C)(C)C.CNC1CCC(Oc2ncnc3sc4c(c23)CCC4)CC1.NC1CCC(Nc2ncnc3sc4c(c23)CCC4)CC1.[AlH3].[H-].[Li+]. The van der Waals surface area contributed by atoms with Crippen LogP contribution in [0, 0.1) is 0 Å². The molecule has 0 unspecified atom stereocenters. The Kier molecular flexibility index (Phi) is 27.2. The molecular weight excluding hydrogens is 1210 g/mol. The van der Waals surface area contributed by atoms with Gasteiger partial charge in [0.15, 0.2) is 17.4 Å². The number of amides is 1. The van der Waals surface area contributed by atoms with Gasteiger partial charge in [0, 0.05) is 52.0 Å². The number of carbonyl (C=O) groups excluding carboxylic acids is 3. The molecule has 25 heteroatoms. The van der Waals surface area contributed by atoms with Gasteiger partial charge in [-0.3, -0.25) is 0 Å². The van der Waals surface area contributed by atoms with Gasteiger partial charge in [0.05, 0.1) is 16.2 Å². The predicted octanol–water partition coefficient (Wildman–Crippen LogP) is 9.95. The number of anilines is 1. The van der Waals surface area contributed by atoms with Crippen molar-refractivity contribution < 1.29 is 67.8 Å². The molecule has 3 saturated carbocycles. The summed E-state index contributed by atoms with van der Waals surface area (Å²) in [6.07, 6.45) is 29.0. The molecule has 1 saturated heterocycles.